The summed E-state index contributed by atoms with van der Waals surface area (Å²) in [5, 5.41) is 2.90. The fourth-order valence-electron chi connectivity index (χ4n) is 2.77. The Labute approximate surface area is 151 Å². The van der Waals surface area contributed by atoms with Gasteiger partial charge < -0.3 is 14.6 Å². The Hall–Kier alpha value is -3.22. The second-order valence-corrected chi connectivity index (χ2v) is 5.79. The number of carbonyl (C=O) groups is 2. The monoisotopic (exact) mass is 352 g/mol. The van der Waals surface area contributed by atoms with Crippen LogP contribution in [0.25, 0.3) is 11.0 Å². The van der Waals surface area contributed by atoms with Gasteiger partial charge in [-0.25, -0.2) is 4.98 Å². The second-order valence-electron chi connectivity index (χ2n) is 5.79. The summed E-state index contributed by atoms with van der Waals surface area (Å²) in [7, 11) is 0. The highest BCUT2D eigenvalue weighted by molar-refractivity contribution is 5.94. The lowest BCUT2D eigenvalue weighted by molar-refractivity contribution is -0.143. The number of nitrogens with one attached hydrogen (secondary N) is 1. The first-order valence-electron chi connectivity index (χ1n) is 8.41. The fourth-order valence-corrected chi connectivity index (χ4v) is 2.77. The van der Waals surface area contributed by atoms with E-state index in [1.54, 1.807) is 29.8 Å². The van der Waals surface area contributed by atoms with Crippen LogP contribution in [0.3, 0.4) is 0 Å². The van der Waals surface area contributed by atoms with Crippen molar-refractivity contribution in [3.05, 3.63) is 60.2 Å². The van der Waals surface area contributed by atoms with Crippen molar-refractivity contribution in [2.45, 2.75) is 26.4 Å². The predicted molar refractivity (Wildman–Crippen MR) is 96.5 cm³/mol. The van der Waals surface area contributed by atoms with Crippen LogP contribution in [0.4, 0.5) is 0 Å². The van der Waals surface area contributed by atoms with E-state index in [9.17, 15) is 9.59 Å². The highest BCUT2D eigenvalue weighted by Crippen LogP contribution is 2.21. The van der Waals surface area contributed by atoms with Crippen molar-refractivity contribution in [1.29, 1.82) is 0 Å². The Morgan fingerprint density at radius 2 is 2.04 bits per heavy atom. The first-order chi connectivity index (χ1) is 12.6. The molecular formula is C19H20N4O3. The molecule has 0 spiro atoms. The van der Waals surface area contributed by atoms with Crippen LogP contribution in [0.5, 0.6) is 0 Å². The molecule has 0 aliphatic carbocycles. The second kappa shape index (κ2) is 7.77. The molecule has 0 saturated heterocycles. The molecule has 26 heavy (non-hydrogen) atoms. The van der Waals surface area contributed by atoms with E-state index in [1.807, 2.05) is 31.2 Å². The van der Waals surface area contributed by atoms with Crippen LogP contribution in [-0.2, 0) is 16.1 Å². The number of carbonyl (C=O) groups excluding carboxylic acids is 2. The lowest BCUT2D eigenvalue weighted by atomic mass is 10.2. The third kappa shape index (κ3) is 3.72. The van der Waals surface area contributed by atoms with E-state index >= 15 is 0 Å². The maximum absolute atomic E-state index is 12.4. The number of benzene rings is 1. The molecule has 134 valence electrons. The molecule has 0 bridgehead atoms. The first kappa shape index (κ1) is 17.6. The van der Waals surface area contributed by atoms with Crippen molar-refractivity contribution in [3.63, 3.8) is 0 Å². The highest BCUT2D eigenvalue weighted by Gasteiger charge is 2.20. The average Bonchev–Trinajstić information content (AvgIpc) is 3.01. The maximum atomic E-state index is 12.4. The van der Waals surface area contributed by atoms with E-state index in [1.165, 1.54) is 6.20 Å². The van der Waals surface area contributed by atoms with Crippen molar-refractivity contribution >= 4 is 22.9 Å². The summed E-state index contributed by atoms with van der Waals surface area (Å²) in [5.74, 6) is -0.000442. The number of fused-ring (bicyclic) bond motifs is 1. The van der Waals surface area contributed by atoms with E-state index in [4.69, 9.17) is 4.74 Å². The lowest BCUT2D eigenvalue weighted by Gasteiger charge is -2.16. The lowest BCUT2D eigenvalue weighted by Crippen LogP contribution is -2.29. The molecule has 0 aliphatic rings. The summed E-state index contributed by atoms with van der Waals surface area (Å²) in [6.45, 7) is 3.95. The summed E-state index contributed by atoms with van der Waals surface area (Å²) in [5.41, 5.74) is 2.04. The van der Waals surface area contributed by atoms with E-state index in [-0.39, 0.29) is 18.4 Å². The number of para-hydroxylation sites is 2. The summed E-state index contributed by atoms with van der Waals surface area (Å²) in [6.07, 6.45) is 3.11. The van der Waals surface area contributed by atoms with Gasteiger partial charge in [0.25, 0.3) is 5.91 Å². The third-order valence-electron chi connectivity index (χ3n) is 3.94. The molecule has 3 rings (SSSR count). The van der Waals surface area contributed by atoms with Gasteiger partial charge in [0.1, 0.15) is 12.4 Å². The minimum Gasteiger partial charge on any atom is -0.465 e. The van der Waals surface area contributed by atoms with Crippen molar-refractivity contribution in [2.24, 2.45) is 0 Å². The molecule has 2 heterocycles. The Balaban J connectivity index is 1.90. The van der Waals surface area contributed by atoms with Gasteiger partial charge in [-0.3, -0.25) is 14.6 Å². The van der Waals surface area contributed by atoms with Gasteiger partial charge in [-0.1, -0.05) is 12.1 Å². The van der Waals surface area contributed by atoms with E-state index in [0.717, 1.165) is 11.0 Å². The number of pyridine rings is 1. The number of rotatable bonds is 6. The van der Waals surface area contributed by atoms with Crippen molar-refractivity contribution in [1.82, 2.24) is 19.9 Å². The van der Waals surface area contributed by atoms with Crippen molar-refractivity contribution in [2.75, 3.05) is 6.61 Å². The molecule has 3 aromatic rings. The zero-order chi connectivity index (χ0) is 18.5. The van der Waals surface area contributed by atoms with Gasteiger partial charge in [0.05, 0.1) is 29.2 Å². The standard InChI is InChI=1S/C19H20N4O3/c1-3-26-17(24)12-23-16-9-5-4-8-15(16)22-18(23)13(2)21-19(25)14-7-6-10-20-11-14/h4-11,13H,3,12H2,1-2H3,(H,21,25). The molecule has 7 heteroatoms. The number of aromatic nitrogens is 3. The molecule has 1 aromatic carbocycles. The Morgan fingerprint density at radius 3 is 2.77 bits per heavy atom. The molecule has 0 aliphatic heterocycles. The van der Waals surface area contributed by atoms with Crippen LogP contribution in [0.1, 0.15) is 36.1 Å². The minimum absolute atomic E-state index is 0.0385. The van der Waals surface area contributed by atoms with Crippen LogP contribution < -0.4 is 5.32 Å². The van der Waals surface area contributed by atoms with Crippen LogP contribution in [0.15, 0.2) is 48.8 Å². The van der Waals surface area contributed by atoms with Gasteiger partial charge in [-0.05, 0) is 38.1 Å². The Bertz CT molecular complexity index is 921. The van der Waals surface area contributed by atoms with Crippen LogP contribution in [0, 0.1) is 0 Å². The van der Waals surface area contributed by atoms with Gasteiger partial charge in [-0.15, -0.1) is 0 Å². The molecule has 1 amide bonds. The molecule has 2 aromatic heterocycles. The first-order valence-corrected chi connectivity index (χ1v) is 8.41. The van der Waals surface area contributed by atoms with Gasteiger partial charge in [0.15, 0.2) is 0 Å². The molecule has 0 radical (unpaired) electrons. The van der Waals surface area contributed by atoms with Gasteiger partial charge in [0, 0.05) is 12.4 Å². The molecule has 1 atom stereocenters. The quantitative estimate of drug-likeness (QED) is 0.689. The zero-order valence-corrected chi connectivity index (χ0v) is 14.7. The number of ether oxygens (including phenoxy) is 1. The summed E-state index contributed by atoms with van der Waals surface area (Å²) in [6, 6.07) is 10.5. The van der Waals surface area contributed by atoms with E-state index < -0.39 is 6.04 Å². The van der Waals surface area contributed by atoms with Crippen LogP contribution in [0.2, 0.25) is 0 Å². The Morgan fingerprint density at radius 1 is 1.23 bits per heavy atom. The largest absolute Gasteiger partial charge is 0.465 e. The fraction of sp³-hybridized carbons (Fsp3) is 0.263. The van der Waals surface area contributed by atoms with Crippen molar-refractivity contribution in [3.8, 4) is 0 Å². The Kier molecular flexibility index (Phi) is 5.26. The number of amides is 1. The zero-order valence-electron chi connectivity index (χ0n) is 14.7. The molecule has 7 nitrogen and oxygen atoms in total. The number of imidazole rings is 1. The normalized spacial score (nSPS) is 11.9. The molecular weight excluding hydrogens is 332 g/mol. The van der Waals surface area contributed by atoms with Gasteiger partial charge >= 0.3 is 5.97 Å². The third-order valence-corrected chi connectivity index (χ3v) is 3.94. The molecule has 1 unspecified atom stereocenters. The predicted octanol–water partition coefficient (Wildman–Crippen LogP) is 2.49. The molecule has 0 fully saturated rings. The smallest absolute Gasteiger partial charge is 0.326 e. The SMILES string of the molecule is CCOC(=O)Cn1c(C(C)NC(=O)c2cccnc2)nc2ccccc21. The van der Waals surface area contributed by atoms with Gasteiger partial charge in [0.2, 0.25) is 0 Å². The number of nitrogens with zero attached hydrogens (tertiary/aromatic N) is 3. The summed E-state index contributed by atoms with van der Waals surface area (Å²) >= 11 is 0. The van der Waals surface area contributed by atoms with Crippen molar-refractivity contribution < 1.29 is 14.3 Å². The number of esters is 1. The van der Waals surface area contributed by atoms with Crippen LogP contribution in [-0.4, -0.2) is 33.0 Å². The molecule has 0 saturated carbocycles. The summed E-state index contributed by atoms with van der Waals surface area (Å²) < 4.78 is 6.85. The number of hydrogen-bond acceptors (Lipinski definition) is 5. The number of hydrogen-bond donors (Lipinski definition) is 1. The highest BCUT2D eigenvalue weighted by atomic mass is 16.5. The minimum atomic E-state index is -0.399. The topological polar surface area (TPSA) is 86.1 Å². The van der Waals surface area contributed by atoms with Gasteiger partial charge in [-0.2, -0.15) is 0 Å². The molecule has 1 N–H and O–H groups in total. The van der Waals surface area contributed by atoms with E-state index in [2.05, 4.69) is 15.3 Å². The maximum Gasteiger partial charge on any atom is 0.326 e. The average molecular weight is 352 g/mol. The van der Waals surface area contributed by atoms with Crippen LogP contribution >= 0.6 is 0 Å². The van der Waals surface area contributed by atoms with E-state index in [0.29, 0.717) is 18.0 Å². The summed E-state index contributed by atoms with van der Waals surface area (Å²) in [4.78, 5) is 33.0.